The molecule has 0 aromatic rings. The van der Waals surface area contributed by atoms with Gasteiger partial charge in [0.15, 0.2) is 9.84 Å². The lowest BCUT2D eigenvalue weighted by Crippen LogP contribution is -2.31. The molecule has 0 aliphatic carbocycles. The summed E-state index contributed by atoms with van der Waals surface area (Å²) in [6.45, 7) is 0.847. The quantitative estimate of drug-likeness (QED) is 0.612. The molecule has 0 aromatic carbocycles. The summed E-state index contributed by atoms with van der Waals surface area (Å²) in [6, 6.07) is 0. The van der Waals surface area contributed by atoms with Crippen molar-refractivity contribution in [2.75, 3.05) is 24.6 Å². The minimum atomic E-state index is -2.97. The van der Waals surface area contributed by atoms with Crippen LogP contribution in [-0.4, -0.2) is 38.9 Å². The third kappa shape index (κ3) is 4.01. The Morgan fingerprint density at radius 1 is 1.47 bits per heavy atom. The van der Waals surface area contributed by atoms with Gasteiger partial charge >= 0.3 is 0 Å². The molecule has 86 valence electrons. The molecular weight excluding hydrogens is 216 g/mol. The average molecular weight is 232 g/mol. The maximum absolute atomic E-state index is 11.5. The topological polar surface area (TPSA) is 89.3 Å². The van der Waals surface area contributed by atoms with Gasteiger partial charge in [0, 0.05) is 13.1 Å². The van der Waals surface area contributed by atoms with Gasteiger partial charge in [0.1, 0.15) is 0 Å². The Morgan fingerprint density at radius 2 is 2.20 bits per heavy atom. The van der Waals surface area contributed by atoms with Crippen molar-refractivity contribution < 1.29 is 13.2 Å². The molecule has 0 aromatic heterocycles. The maximum Gasteiger partial charge on any atom is 0.224 e. The predicted molar refractivity (Wildman–Crippen MR) is 58.0 cm³/mol. The molecule has 1 rings (SSSR count). The van der Waals surface area contributed by atoms with Crippen molar-refractivity contribution in [3.63, 3.8) is 0 Å². The van der Waals surface area contributed by atoms with E-state index in [2.05, 4.69) is 5.32 Å². The molecule has 0 radical (unpaired) electrons. The zero-order valence-electron chi connectivity index (χ0n) is 8.48. The van der Waals surface area contributed by atoms with E-state index in [0.717, 1.165) is 0 Å². The second-order valence-electron chi connectivity index (χ2n) is 3.55. The van der Waals surface area contributed by atoms with Crippen molar-refractivity contribution in [2.45, 2.75) is 6.42 Å². The summed E-state index contributed by atoms with van der Waals surface area (Å²) in [5, 5.41) is 2.65. The fourth-order valence-corrected chi connectivity index (χ4v) is 3.23. The fraction of sp³-hybridized carbons (Fsp3) is 0.667. The van der Waals surface area contributed by atoms with Crippen LogP contribution in [0.15, 0.2) is 12.2 Å². The highest BCUT2D eigenvalue weighted by atomic mass is 32.2. The van der Waals surface area contributed by atoms with E-state index >= 15 is 0 Å². The maximum atomic E-state index is 11.5. The van der Waals surface area contributed by atoms with Crippen LogP contribution in [-0.2, 0) is 14.6 Å². The SMILES string of the molecule is NC/C=C/CNC(=O)C1CCS(=O)(=O)C1. The van der Waals surface area contributed by atoms with Crippen molar-refractivity contribution in [1.29, 1.82) is 0 Å². The van der Waals surface area contributed by atoms with Crippen LogP contribution in [0.1, 0.15) is 6.42 Å². The monoisotopic (exact) mass is 232 g/mol. The predicted octanol–water partition coefficient (Wildman–Crippen LogP) is -0.948. The largest absolute Gasteiger partial charge is 0.352 e. The summed E-state index contributed by atoms with van der Waals surface area (Å²) >= 11 is 0. The minimum Gasteiger partial charge on any atom is -0.352 e. The van der Waals surface area contributed by atoms with Gasteiger partial charge in [-0.2, -0.15) is 0 Å². The van der Waals surface area contributed by atoms with Crippen molar-refractivity contribution in [3.8, 4) is 0 Å². The first-order valence-electron chi connectivity index (χ1n) is 4.88. The number of hydrogen-bond acceptors (Lipinski definition) is 4. The molecule has 6 heteroatoms. The van der Waals surface area contributed by atoms with Crippen molar-refractivity contribution in [3.05, 3.63) is 12.2 Å². The highest BCUT2D eigenvalue weighted by Crippen LogP contribution is 2.18. The standard InChI is InChI=1S/C9H16N2O3S/c10-4-1-2-5-11-9(12)8-3-6-15(13,14)7-8/h1-2,8H,3-7,10H2,(H,11,12)/b2-1+. The Morgan fingerprint density at radius 3 is 2.73 bits per heavy atom. The van der Waals surface area contributed by atoms with Crippen LogP contribution in [0, 0.1) is 5.92 Å². The number of amides is 1. The van der Waals surface area contributed by atoms with Crippen molar-refractivity contribution in [2.24, 2.45) is 11.7 Å². The molecule has 1 aliphatic heterocycles. The Hall–Kier alpha value is -0.880. The van der Waals surface area contributed by atoms with Crippen LogP contribution in [0.25, 0.3) is 0 Å². The number of nitrogens with one attached hydrogen (secondary N) is 1. The summed E-state index contributed by atoms with van der Waals surface area (Å²) in [5.74, 6) is -0.442. The second-order valence-corrected chi connectivity index (χ2v) is 5.78. The summed E-state index contributed by atoms with van der Waals surface area (Å²) < 4.78 is 22.2. The van der Waals surface area contributed by atoms with Gasteiger partial charge < -0.3 is 11.1 Å². The molecule has 3 N–H and O–H groups in total. The van der Waals surface area contributed by atoms with E-state index in [-0.39, 0.29) is 23.3 Å². The number of hydrogen-bond donors (Lipinski definition) is 2. The second kappa shape index (κ2) is 5.27. The van der Waals surface area contributed by atoms with E-state index in [4.69, 9.17) is 5.73 Å². The lowest BCUT2D eigenvalue weighted by molar-refractivity contribution is -0.124. The zero-order valence-corrected chi connectivity index (χ0v) is 9.29. The van der Waals surface area contributed by atoms with Gasteiger partial charge in [-0.3, -0.25) is 4.79 Å². The van der Waals surface area contributed by atoms with Gasteiger partial charge in [-0.15, -0.1) is 0 Å². The molecule has 5 nitrogen and oxygen atoms in total. The Labute approximate surface area is 89.6 Å². The van der Waals surface area contributed by atoms with E-state index < -0.39 is 9.84 Å². The van der Waals surface area contributed by atoms with Crippen LogP contribution in [0.2, 0.25) is 0 Å². The summed E-state index contributed by atoms with van der Waals surface area (Å²) in [7, 11) is -2.97. The summed E-state index contributed by atoms with van der Waals surface area (Å²) in [5.41, 5.74) is 5.22. The lowest BCUT2D eigenvalue weighted by Gasteiger charge is -2.06. The van der Waals surface area contributed by atoms with E-state index in [1.807, 2.05) is 0 Å². The smallest absolute Gasteiger partial charge is 0.224 e. The Bertz CT molecular complexity index is 348. The third-order valence-corrected chi connectivity index (χ3v) is 4.07. The molecule has 0 bridgehead atoms. The van der Waals surface area contributed by atoms with Crippen molar-refractivity contribution in [1.82, 2.24) is 5.32 Å². The summed E-state index contributed by atoms with van der Waals surface area (Å²) in [4.78, 5) is 11.5. The molecular formula is C9H16N2O3S. The van der Waals surface area contributed by atoms with Crippen LogP contribution >= 0.6 is 0 Å². The lowest BCUT2D eigenvalue weighted by atomic mass is 10.1. The fourth-order valence-electron chi connectivity index (χ4n) is 1.49. The molecule has 1 saturated heterocycles. The molecule has 1 unspecified atom stereocenters. The van der Waals surface area contributed by atoms with Gasteiger partial charge in [-0.05, 0) is 6.42 Å². The average Bonchev–Trinajstić information content (AvgIpc) is 2.53. The van der Waals surface area contributed by atoms with Gasteiger partial charge in [0.2, 0.25) is 5.91 Å². The van der Waals surface area contributed by atoms with Crippen LogP contribution in [0.3, 0.4) is 0 Å². The first-order chi connectivity index (χ1) is 7.05. The van der Waals surface area contributed by atoms with E-state index in [0.29, 0.717) is 19.5 Å². The van der Waals surface area contributed by atoms with Crippen LogP contribution < -0.4 is 11.1 Å². The van der Waals surface area contributed by atoms with Gasteiger partial charge in [0.25, 0.3) is 0 Å². The number of carbonyl (C=O) groups excluding carboxylic acids is 1. The number of nitrogens with two attached hydrogens (primary N) is 1. The highest BCUT2D eigenvalue weighted by molar-refractivity contribution is 7.91. The molecule has 1 amide bonds. The van der Waals surface area contributed by atoms with Gasteiger partial charge in [0.05, 0.1) is 17.4 Å². The van der Waals surface area contributed by atoms with E-state index in [9.17, 15) is 13.2 Å². The minimum absolute atomic E-state index is 0.0144. The normalized spacial score (nSPS) is 24.5. The zero-order chi connectivity index (χ0) is 11.3. The first kappa shape index (κ1) is 12.2. The molecule has 0 spiro atoms. The number of sulfone groups is 1. The van der Waals surface area contributed by atoms with E-state index in [1.165, 1.54) is 0 Å². The van der Waals surface area contributed by atoms with Gasteiger partial charge in [-0.1, -0.05) is 12.2 Å². The molecule has 1 aliphatic rings. The van der Waals surface area contributed by atoms with Crippen LogP contribution in [0.4, 0.5) is 0 Å². The van der Waals surface area contributed by atoms with Gasteiger partial charge in [-0.25, -0.2) is 8.42 Å². The third-order valence-electron chi connectivity index (χ3n) is 2.30. The first-order valence-corrected chi connectivity index (χ1v) is 6.70. The molecule has 1 heterocycles. The Kier molecular flexibility index (Phi) is 4.28. The summed E-state index contributed by atoms with van der Waals surface area (Å²) in [6.07, 6.45) is 3.93. The Balaban J connectivity index is 2.33. The molecule has 15 heavy (non-hydrogen) atoms. The molecule has 0 saturated carbocycles. The highest BCUT2D eigenvalue weighted by Gasteiger charge is 2.32. The van der Waals surface area contributed by atoms with Crippen LogP contribution in [0.5, 0.6) is 0 Å². The number of rotatable bonds is 4. The van der Waals surface area contributed by atoms with Crippen molar-refractivity contribution >= 4 is 15.7 Å². The molecule has 1 fully saturated rings. The number of carbonyl (C=O) groups is 1. The van der Waals surface area contributed by atoms with E-state index in [1.54, 1.807) is 12.2 Å². The molecule has 1 atom stereocenters.